The van der Waals surface area contributed by atoms with E-state index in [0.29, 0.717) is 34.4 Å². The molecule has 0 aliphatic heterocycles. The predicted molar refractivity (Wildman–Crippen MR) is 135 cm³/mol. The van der Waals surface area contributed by atoms with Crippen molar-refractivity contribution in [3.63, 3.8) is 0 Å². The number of anilines is 1. The third-order valence-electron chi connectivity index (χ3n) is 4.62. The van der Waals surface area contributed by atoms with Gasteiger partial charge in [0, 0.05) is 10.7 Å². The molecule has 3 aromatic rings. The Morgan fingerprint density at radius 1 is 1.19 bits per heavy atom. The van der Waals surface area contributed by atoms with Crippen LogP contribution in [-0.2, 0) is 11.4 Å². The van der Waals surface area contributed by atoms with Crippen LogP contribution in [0.15, 0.2) is 66.2 Å². The fourth-order valence-corrected chi connectivity index (χ4v) is 3.82. The van der Waals surface area contributed by atoms with Crippen LogP contribution in [0, 0.1) is 21.8 Å². The number of ether oxygens (including phenoxy) is 2. The van der Waals surface area contributed by atoms with Gasteiger partial charge in [-0.25, -0.2) is 0 Å². The molecule has 1 amide bonds. The highest BCUT2D eigenvalue weighted by atomic mass is 127. The number of methoxy groups -OCH3 is 1. The number of nitrogens with zero attached hydrogens (tertiary/aromatic N) is 1. The summed E-state index contributed by atoms with van der Waals surface area (Å²) in [5.74, 6) is 0.621. The summed E-state index contributed by atoms with van der Waals surface area (Å²) in [6.45, 7) is 2.24. The van der Waals surface area contributed by atoms with Crippen LogP contribution in [0.3, 0.4) is 0 Å². The molecule has 1 N–H and O–H groups in total. The molecule has 0 unspecified atom stereocenters. The first-order valence-corrected chi connectivity index (χ1v) is 11.1. The SMILES string of the molecule is COc1cc(/C=C(/C#N)C(=O)Nc2ccccc2C)cc(I)c1OCc1ccc(Cl)cc1. The van der Waals surface area contributed by atoms with Gasteiger partial charge in [-0.3, -0.25) is 4.79 Å². The first kappa shape index (κ1) is 23.6. The highest BCUT2D eigenvalue weighted by molar-refractivity contribution is 14.1. The van der Waals surface area contributed by atoms with E-state index in [1.54, 1.807) is 19.2 Å². The average molecular weight is 559 g/mol. The molecule has 0 aliphatic rings. The maximum absolute atomic E-state index is 12.6. The molecule has 0 atom stereocenters. The van der Waals surface area contributed by atoms with Crippen molar-refractivity contribution in [3.8, 4) is 17.6 Å². The van der Waals surface area contributed by atoms with Crippen molar-refractivity contribution in [1.82, 2.24) is 0 Å². The fraction of sp³-hybridized carbons (Fsp3) is 0.120. The zero-order chi connectivity index (χ0) is 23.1. The van der Waals surface area contributed by atoms with Crippen LogP contribution in [0.5, 0.6) is 11.5 Å². The number of carbonyl (C=O) groups is 1. The van der Waals surface area contributed by atoms with Crippen molar-refractivity contribution in [3.05, 3.63) is 91.5 Å². The Hall–Kier alpha value is -3.02. The van der Waals surface area contributed by atoms with Crippen molar-refractivity contribution < 1.29 is 14.3 Å². The van der Waals surface area contributed by atoms with Crippen LogP contribution in [0.2, 0.25) is 5.02 Å². The number of hydrogen-bond donors (Lipinski definition) is 1. The molecule has 0 saturated heterocycles. The Morgan fingerprint density at radius 3 is 2.56 bits per heavy atom. The lowest BCUT2D eigenvalue weighted by Crippen LogP contribution is -2.14. The van der Waals surface area contributed by atoms with E-state index in [4.69, 9.17) is 21.1 Å². The second kappa shape index (κ2) is 11.0. The normalized spacial score (nSPS) is 10.9. The molecule has 32 heavy (non-hydrogen) atoms. The summed E-state index contributed by atoms with van der Waals surface area (Å²) in [5.41, 5.74) is 3.19. The topological polar surface area (TPSA) is 71.3 Å². The minimum Gasteiger partial charge on any atom is -0.493 e. The first-order valence-electron chi connectivity index (χ1n) is 9.65. The molecule has 0 fully saturated rings. The van der Waals surface area contributed by atoms with Crippen molar-refractivity contribution in [2.45, 2.75) is 13.5 Å². The van der Waals surface area contributed by atoms with E-state index in [1.807, 2.05) is 61.5 Å². The lowest BCUT2D eigenvalue weighted by atomic mass is 10.1. The van der Waals surface area contributed by atoms with Crippen LogP contribution in [0.1, 0.15) is 16.7 Å². The molecule has 0 spiro atoms. The standard InChI is InChI=1S/C25H20ClIN2O3/c1-16-5-3-4-6-22(16)29-25(30)19(14-28)11-18-12-21(27)24(23(13-18)31-2)32-15-17-7-9-20(26)10-8-17/h3-13H,15H2,1-2H3,(H,29,30)/b19-11-. The second-order valence-electron chi connectivity index (χ2n) is 6.89. The smallest absolute Gasteiger partial charge is 0.266 e. The predicted octanol–water partition coefficient (Wildman–Crippen LogP) is 6.39. The molecule has 0 bridgehead atoms. The lowest BCUT2D eigenvalue weighted by molar-refractivity contribution is -0.112. The van der Waals surface area contributed by atoms with Crippen molar-refractivity contribution in [2.75, 3.05) is 12.4 Å². The summed E-state index contributed by atoms with van der Waals surface area (Å²) < 4.78 is 12.3. The summed E-state index contributed by atoms with van der Waals surface area (Å²) in [6.07, 6.45) is 1.53. The molecule has 0 saturated carbocycles. The first-order chi connectivity index (χ1) is 15.4. The average Bonchev–Trinajstić information content (AvgIpc) is 2.79. The van der Waals surface area contributed by atoms with Gasteiger partial charge in [-0.15, -0.1) is 0 Å². The van der Waals surface area contributed by atoms with Gasteiger partial charge in [0.15, 0.2) is 11.5 Å². The van der Waals surface area contributed by atoms with Gasteiger partial charge in [-0.05, 0) is 82.6 Å². The van der Waals surface area contributed by atoms with Gasteiger partial charge in [0.2, 0.25) is 0 Å². The van der Waals surface area contributed by atoms with Gasteiger partial charge < -0.3 is 14.8 Å². The number of amides is 1. The Balaban J connectivity index is 1.82. The van der Waals surface area contributed by atoms with Crippen molar-refractivity contribution >= 4 is 51.9 Å². The minimum absolute atomic E-state index is 0.0130. The van der Waals surface area contributed by atoms with Gasteiger partial charge in [0.25, 0.3) is 5.91 Å². The van der Waals surface area contributed by atoms with Gasteiger partial charge >= 0.3 is 0 Å². The van der Waals surface area contributed by atoms with Crippen LogP contribution >= 0.6 is 34.2 Å². The molecule has 0 aromatic heterocycles. The summed E-state index contributed by atoms with van der Waals surface area (Å²) >= 11 is 8.07. The number of halogens is 2. The molecular formula is C25H20ClIN2O3. The number of nitriles is 1. The molecular weight excluding hydrogens is 539 g/mol. The van der Waals surface area contributed by atoms with Crippen LogP contribution in [-0.4, -0.2) is 13.0 Å². The van der Waals surface area contributed by atoms with E-state index in [1.165, 1.54) is 6.08 Å². The van der Waals surface area contributed by atoms with Crippen molar-refractivity contribution in [1.29, 1.82) is 5.26 Å². The molecule has 0 heterocycles. The number of hydrogen-bond acceptors (Lipinski definition) is 4. The second-order valence-corrected chi connectivity index (χ2v) is 8.49. The molecule has 3 rings (SSSR count). The van der Waals surface area contributed by atoms with E-state index < -0.39 is 5.91 Å². The number of rotatable bonds is 7. The van der Waals surface area contributed by atoms with Gasteiger partial charge in [0.05, 0.1) is 10.7 Å². The molecule has 0 aliphatic carbocycles. The maximum atomic E-state index is 12.6. The lowest BCUT2D eigenvalue weighted by Gasteiger charge is -2.14. The summed E-state index contributed by atoms with van der Waals surface area (Å²) in [7, 11) is 1.55. The maximum Gasteiger partial charge on any atom is 0.266 e. The third-order valence-corrected chi connectivity index (χ3v) is 5.67. The molecule has 7 heteroatoms. The largest absolute Gasteiger partial charge is 0.493 e. The Bertz CT molecular complexity index is 1200. The third kappa shape index (κ3) is 6.02. The molecule has 5 nitrogen and oxygen atoms in total. The zero-order valence-electron chi connectivity index (χ0n) is 17.5. The van der Waals surface area contributed by atoms with E-state index in [-0.39, 0.29) is 5.57 Å². The van der Waals surface area contributed by atoms with Crippen LogP contribution < -0.4 is 14.8 Å². The quantitative estimate of drug-likeness (QED) is 0.207. The monoisotopic (exact) mass is 558 g/mol. The Morgan fingerprint density at radius 2 is 1.91 bits per heavy atom. The Labute approximate surface area is 205 Å². The van der Waals surface area contributed by atoms with E-state index in [9.17, 15) is 10.1 Å². The van der Waals surface area contributed by atoms with Crippen LogP contribution in [0.4, 0.5) is 5.69 Å². The number of benzene rings is 3. The Kier molecular flexibility index (Phi) is 8.14. The molecule has 3 aromatic carbocycles. The highest BCUT2D eigenvalue weighted by Gasteiger charge is 2.15. The highest BCUT2D eigenvalue weighted by Crippen LogP contribution is 2.35. The summed E-state index contributed by atoms with van der Waals surface area (Å²) in [5, 5.41) is 13.0. The zero-order valence-corrected chi connectivity index (χ0v) is 20.4. The van der Waals surface area contributed by atoms with E-state index in [0.717, 1.165) is 14.7 Å². The minimum atomic E-state index is -0.473. The van der Waals surface area contributed by atoms with Gasteiger partial charge in [-0.2, -0.15) is 5.26 Å². The van der Waals surface area contributed by atoms with E-state index in [2.05, 4.69) is 27.9 Å². The number of aryl methyl sites for hydroxylation is 1. The summed E-state index contributed by atoms with van der Waals surface area (Å²) in [6, 6.07) is 20.3. The van der Waals surface area contributed by atoms with Gasteiger partial charge in [-0.1, -0.05) is 41.9 Å². The number of carbonyl (C=O) groups excluding carboxylic acids is 1. The van der Waals surface area contributed by atoms with Crippen molar-refractivity contribution in [2.24, 2.45) is 0 Å². The molecule has 162 valence electrons. The fourth-order valence-electron chi connectivity index (χ4n) is 2.92. The summed E-state index contributed by atoms with van der Waals surface area (Å²) in [4.78, 5) is 12.6. The number of nitrogens with one attached hydrogen (secondary N) is 1. The van der Waals surface area contributed by atoms with Crippen LogP contribution in [0.25, 0.3) is 6.08 Å². The molecule has 0 radical (unpaired) electrons. The van der Waals surface area contributed by atoms with Gasteiger partial charge in [0.1, 0.15) is 18.2 Å². The number of para-hydroxylation sites is 1. The van der Waals surface area contributed by atoms with E-state index >= 15 is 0 Å².